The van der Waals surface area contributed by atoms with E-state index in [1.54, 1.807) is 0 Å². The normalized spacial score (nSPS) is 11.2. The van der Waals surface area contributed by atoms with Crippen molar-refractivity contribution in [3.8, 4) is 11.5 Å². The molecular formula is C42H44N2O2. The molecule has 6 aromatic rings. The van der Waals surface area contributed by atoms with Gasteiger partial charge in [-0.3, -0.25) is 9.97 Å². The van der Waals surface area contributed by atoms with Crippen LogP contribution >= 0.6 is 0 Å². The molecule has 0 aliphatic heterocycles. The summed E-state index contributed by atoms with van der Waals surface area (Å²) in [6.07, 6.45) is 19.4. The number of hydrogen-bond acceptors (Lipinski definition) is 4. The van der Waals surface area contributed by atoms with Crippen molar-refractivity contribution in [2.24, 2.45) is 0 Å². The molecule has 0 unspecified atom stereocenters. The molecule has 0 aliphatic carbocycles. The fourth-order valence-electron chi connectivity index (χ4n) is 6.13. The van der Waals surface area contributed by atoms with Crippen LogP contribution in [0.4, 0.5) is 0 Å². The van der Waals surface area contributed by atoms with Gasteiger partial charge >= 0.3 is 0 Å². The molecule has 0 radical (unpaired) electrons. The van der Waals surface area contributed by atoms with E-state index in [1.807, 2.05) is 24.8 Å². The molecule has 0 N–H and O–H groups in total. The van der Waals surface area contributed by atoms with Crippen molar-refractivity contribution < 1.29 is 9.47 Å². The molecule has 46 heavy (non-hydrogen) atoms. The van der Waals surface area contributed by atoms with Gasteiger partial charge in [0, 0.05) is 35.6 Å². The SMILES string of the molecule is c1ccc2c(Cc3ccc(OCCCCCCCCCCOc4ccc(Cc5cncc6ccccc56)cc4)cc3)cncc2c1. The van der Waals surface area contributed by atoms with E-state index < -0.39 is 0 Å². The monoisotopic (exact) mass is 608 g/mol. The summed E-state index contributed by atoms with van der Waals surface area (Å²) < 4.78 is 12.0. The van der Waals surface area contributed by atoms with Crippen LogP contribution in [0, 0.1) is 0 Å². The third-order valence-electron chi connectivity index (χ3n) is 8.71. The van der Waals surface area contributed by atoms with Gasteiger partial charge in [-0.1, -0.05) is 111 Å². The third kappa shape index (κ3) is 8.94. The quantitative estimate of drug-likeness (QED) is 0.0967. The lowest BCUT2D eigenvalue weighted by Crippen LogP contribution is -1.98. The average molecular weight is 609 g/mol. The zero-order chi connectivity index (χ0) is 31.2. The summed E-state index contributed by atoms with van der Waals surface area (Å²) in [6, 6.07) is 34.0. The summed E-state index contributed by atoms with van der Waals surface area (Å²) in [5.41, 5.74) is 5.07. The lowest BCUT2D eigenvalue weighted by molar-refractivity contribution is 0.301. The van der Waals surface area contributed by atoms with Crippen LogP contribution in [0.25, 0.3) is 21.5 Å². The fraction of sp³-hybridized carbons (Fsp3) is 0.286. The third-order valence-corrected chi connectivity index (χ3v) is 8.71. The first-order valence-corrected chi connectivity index (χ1v) is 16.9. The summed E-state index contributed by atoms with van der Waals surface area (Å²) in [5, 5.41) is 4.93. The summed E-state index contributed by atoms with van der Waals surface area (Å²) in [4.78, 5) is 8.83. The van der Waals surface area contributed by atoms with Crippen LogP contribution in [-0.4, -0.2) is 23.2 Å². The number of aromatic nitrogens is 2. The van der Waals surface area contributed by atoms with Crippen molar-refractivity contribution in [2.75, 3.05) is 13.2 Å². The number of ether oxygens (including phenoxy) is 2. The molecule has 0 saturated carbocycles. The Labute approximate surface area is 273 Å². The highest BCUT2D eigenvalue weighted by molar-refractivity contribution is 5.85. The Hall–Kier alpha value is -4.70. The molecule has 4 nitrogen and oxygen atoms in total. The molecule has 2 heterocycles. The second-order valence-electron chi connectivity index (χ2n) is 12.2. The van der Waals surface area contributed by atoms with Gasteiger partial charge in [-0.2, -0.15) is 0 Å². The number of unbranched alkanes of at least 4 members (excludes halogenated alkanes) is 7. The number of pyridine rings is 2. The summed E-state index contributed by atoms with van der Waals surface area (Å²) in [7, 11) is 0. The van der Waals surface area contributed by atoms with E-state index in [4.69, 9.17) is 9.47 Å². The van der Waals surface area contributed by atoms with E-state index in [0.717, 1.165) is 50.4 Å². The molecule has 4 heteroatoms. The maximum atomic E-state index is 6.01. The first-order chi connectivity index (χ1) is 22.8. The predicted octanol–water partition coefficient (Wildman–Crippen LogP) is 10.5. The van der Waals surface area contributed by atoms with E-state index in [2.05, 4.69) is 107 Å². The minimum atomic E-state index is 0.783. The average Bonchev–Trinajstić information content (AvgIpc) is 3.10. The maximum absolute atomic E-state index is 6.01. The number of fused-ring (bicyclic) bond motifs is 2. The Morgan fingerprint density at radius 2 is 0.783 bits per heavy atom. The van der Waals surface area contributed by atoms with Crippen LogP contribution in [0.3, 0.4) is 0 Å². The van der Waals surface area contributed by atoms with Gasteiger partial charge in [0.2, 0.25) is 0 Å². The molecule has 0 saturated heterocycles. The highest BCUT2D eigenvalue weighted by Crippen LogP contribution is 2.23. The molecule has 0 fully saturated rings. The molecule has 2 aromatic heterocycles. The van der Waals surface area contributed by atoms with E-state index in [-0.39, 0.29) is 0 Å². The molecule has 0 spiro atoms. The minimum absolute atomic E-state index is 0.783. The number of hydrogen-bond donors (Lipinski definition) is 0. The van der Waals surface area contributed by atoms with E-state index in [0.29, 0.717) is 0 Å². The topological polar surface area (TPSA) is 44.2 Å². The first-order valence-electron chi connectivity index (χ1n) is 16.9. The predicted molar refractivity (Wildman–Crippen MR) is 190 cm³/mol. The first kappa shape index (κ1) is 31.3. The fourth-order valence-corrected chi connectivity index (χ4v) is 6.13. The van der Waals surface area contributed by atoms with Crippen LogP contribution in [0.1, 0.15) is 73.6 Å². The Morgan fingerprint density at radius 3 is 1.22 bits per heavy atom. The second kappa shape index (κ2) is 16.6. The van der Waals surface area contributed by atoms with Crippen molar-refractivity contribution in [1.82, 2.24) is 9.97 Å². The van der Waals surface area contributed by atoms with E-state index >= 15 is 0 Å². The van der Waals surface area contributed by atoms with Crippen molar-refractivity contribution in [1.29, 1.82) is 0 Å². The number of benzene rings is 4. The highest BCUT2D eigenvalue weighted by Gasteiger charge is 2.05. The van der Waals surface area contributed by atoms with Crippen molar-refractivity contribution in [2.45, 2.75) is 64.2 Å². The standard InChI is InChI=1S/C42H44N2O2/c1(3-5-11-25-45-39-21-17-33(18-22-39)27-37-31-43-29-35-13-7-9-15-41(35)37)2-4-6-12-26-46-40-23-19-34(20-24-40)28-38-32-44-30-36-14-8-10-16-42(36)38/h7-10,13-24,29-32H,1-6,11-12,25-28H2. The minimum Gasteiger partial charge on any atom is -0.494 e. The smallest absolute Gasteiger partial charge is 0.119 e. The molecular weight excluding hydrogens is 564 g/mol. The summed E-state index contributed by atoms with van der Waals surface area (Å²) >= 11 is 0. The van der Waals surface area contributed by atoms with Crippen molar-refractivity contribution >= 4 is 21.5 Å². The maximum Gasteiger partial charge on any atom is 0.119 e. The number of rotatable bonds is 17. The molecule has 6 rings (SSSR count). The second-order valence-corrected chi connectivity index (χ2v) is 12.2. The van der Waals surface area contributed by atoms with Gasteiger partial charge in [0.05, 0.1) is 13.2 Å². The van der Waals surface area contributed by atoms with Gasteiger partial charge in [-0.05, 0) is 83.0 Å². The zero-order valence-corrected chi connectivity index (χ0v) is 26.7. The zero-order valence-electron chi connectivity index (χ0n) is 26.7. The lowest BCUT2D eigenvalue weighted by Gasteiger charge is -2.09. The lowest BCUT2D eigenvalue weighted by atomic mass is 10.0. The van der Waals surface area contributed by atoms with Gasteiger partial charge < -0.3 is 9.47 Å². The Bertz CT molecular complexity index is 1650. The Kier molecular flexibility index (Phi) is 11.3. The number of nitrogens with zero attached hydrogens (tertiary/aromatic N) is 2. The molecule has 0 aliphatic rings. The van der Waals surface area contributed by atoms with Crippen molar-refractivity contribution in [3.05, 3.63) is 144 Å². The Balaban J connectivity index is 0.783. The van der Waals surface area contributed by atoms with E-state index in [1.165, 1.54) is 82.3 Å². The molecule has 234 valence electrons. The molecule has 0 amide bonds. The van der Waals surface area contributed by atoms with Crippen molar-refractivity contribution in [3.63, 3.8) is 0 Å². The van der Waals surface area contributed by atoms with Crippen LogP contribution in [0.15, 0.2) is 122 Å². The van der Waals surface area contributed by atoms with Crippen LogP contribution < -0.4 is 9.47 Å². The van der Waals surface area contributed by atoms with Gasteiger partial charge in [-0.15, -0.1) is 0 Å². The highest BCUT2D eigenvalue weighted by atomic mass is 16.5. The largest absolute Gasteiger partial charge is 0.494 e. The van der Waals surface area contributed by atoms with Gasteiger partial charge in [-0.25, -0.2) is 0 Å². The molecule has 4 aromatic carbocycles. The van der Waals surface area contributed by atoms with Crippen LogP contribution in [0.5, 0.6) is 11.5 Å². The van der Waals surface area contributed by atoms with Crippen LogP contribution in [-0.2, 0) is 12.8 Å². The summed E-state index contributed by atoms with van der Waals surface area (Å²) in [6.45, 7) is 1.57. The molecule has 0 atom stereocenters. The Morgan fingerprint density at radius 1 is 0.391 bits per heavy atom. The van der Waals surface area contributed by atoms with Gasteiger partial charge in [0.15, 0.2) is 0 Å². The van der Waals surface area contributed by atoms with E-state index in [9.17, 15) is 0 Å². The summed E-state index contributed by atoms with van der Waals surface area (Å²) in [5.74, 6) is 1.91. The van der Waals surface area contributed by atoms with Gasteiger partial charge in [0.25, 0.3) is 0 Å². The molecule has 0 bridgehead atoms. The van der Waals surface area contributed by atoms with Gasteiger partial charge in [0.1, 0.15) is 11.5 Å². The van der Waals surface area contributed by atoms with Crippen LogP contribution in [0.2, 0.25) is 0 Å².